The highest BCUT2D eigenvalue weighted by atomic mass is 32.2. The molecule has 5 heteroatoms. The van der Waals surface area contributed by atoms with Crippen LogP contribution in [-0.2, 0) is 9.84 Å². The van der Waals surface area contributed by atoms with E-state index in [9.17, 15) is 8.42 Å². The van der Waals surface area contributed by atoms with Gasteiger partial charge in [0.15, 0.2) is 9.84 Å². The van der Waals surface area contributed by atoms with E-state index in [1.54, 1.807) is 31.4 Å². The largest absolute Gasteiger partial charge is 0.497 e. The average Bonchev–Trinajstić information content (AvgIpc) is 2.26. The maximum Gasteiger partial charge on any atom is 0.191 e. The van der Waals surface area contributed by atoms with Gasteiger partial charge in [-0.05, 0) is 30.8 Å². The van der Waals surface area contributed by atoms with Gasteiger partial charge in [0.2, 0.25) is 0 Å². The lowest BCUT2D eigenvalue weighted by molar-refractivity contribution is 0.414. The molecule has 0 bridgehead atoms. The molecule has 0 spiro atoms. The minimum Gasteiger partial charge on any atom is -0.497 e. The van der Waals surface area contributed by atoms with Crippen molar-refractivity contribution in [2.75, 3.05) is 19.5 Å². The summed E-state index contributed by atoms with van der Waals surface area (Å²) in [6, 6.07) is 6.37. The summed E-state index contributed by atoms with van der Waals surface area (Å²) >= 11 is 0. The molecular weight excluding hydrogens is 214 g/mol. The molecule has 1 aromatic carbocycles. The highest BCUT2D eigenvalue weighted by Gasteiger charge is 2.12. The van der Waals surface area contributed by atoms with Crippen molar-refractivity contribution in [1.82, 2.24) is 5.32 Å². The van der Waals surface area contributed by atoms with Crippen molar-refractivity contribution >= 4 is 9.84 Å². The Morgan fingerprint density at radius 3 is 2.33 bits per heavy atom. The first-order valence-electron chi connectivity index (χ1n) is 4.67. The number of hydrogen-bond acceptors (Lipinski definition) is 4. The summed E-state index contributed by atoms with van der Waals surface area (Å²) in [6.07, 6.45) is 0. The molecule has 0 aliphatic rings. The summed E-state index contributed by atoms with van der Waals surface area (Å²) in [4.78, 5) is 0.309. The second-order valence-electron chi connectivity index (χ2n) is 3.04. The Morgan fingerprint density at radius 2 is 1.87 bits per heavy atom. The molecule has 4 nitrogen and oxygen atoms in total. The standard InChI is InChI=1S/C10H15NO3S/c1-3-11-8-15(12,13)10-6-4-9(14-2)5-7-10/h4-7,11H,3,8H2,1-2H3. The van der Waals surface area contributed by atoms with E-state index in [0.29, 0.717) is 17.2 Å². The summed E-state index contributed by atoms with van der Waals surface area (Å²) in [5.74, 6) is 0.618. The molecule has 0 atom stereocenters. The molecule has 0 amide bonds. The maximum absolute atomic E-state index is 11.7. The normalized spacial score (nSPS) is 11.3. The van der Waals surface area contributed by atoms with Gasteiger partial charge in [-0.1, -0.05) is 6.92 Å². The van der Waals surface area contributed by atoms with Gasteiger partial charge in [0.25, 0.3) is 0 Å². The lowest BCUT2D eigenvalue weighted by Gasteiger charge is -2.05. The van der Waals surface area contributed by atoms with Crippen LogP contribution in [0.15, 0.2) is 29.2 Å². The lowest BCUT2D eigenvalue weighted by Crippen LogP contribution is -2.22. The van der Waals surface area contributed by atoms with Crippen molar-refractivity contribution in [3.8, 4) is 5.75 Å². The van der Waals surface area contributed by atoms with Crippen LogP contribution in [-0.4, -0.2) is 27.9 Å². The van der Waals surface area contributed by atoms with Gasteiger partial charge < -0.3 is 10.1 Å². The van der Waals surface area contributed by atoms with E-state index in [4.69, 9.17) is 4.74 Å². The van der Waals surface area contributed by atoms with Gasteiger partial charge in [-0.3, -0.25) is 0 Å². The SMILES string of the molecule is CCNCS(=O)(=O)c1ccc(OC)cc1. The van der Waals surface area contributed by atoms with Crippen LogP contribution >= 0.6 is 0 Å². The number of nitrogens with one attached hydrogen (secondary N) is 1. The van der Waals surface area contributed by atoms with E-state index >= 15 is 0 Å². The smallest absolute Gasteiger partial charge is 0.191 e. The Bertz CT molecular complexity index is 397. The van der Waals surface area contributed by atoms with Crippen LogP contribution in [0.3, 0.4) is 0 Å². The first kappa shape index (κ1) is 12.0. The quantitative estimate of drug-likeness (QED) is 0.819. The van der Waals surface area contributed by atoms with E-state index in [2.05, 4.69) is 5.32 Å². The predicted molar refractivity (Wildman–Crippen MR) is 58.7 cm³/mol. The van der Waals surface area contributed by atoms with Gasteiger partial charge in [0.1, 0.15) is 11.6 Å². The summed E-state index contributed by atoms with van der Waals surface area (Å²) in [6.45, 7) is 2.50. The molecule has 84 valence electrons. The molecule has 0 aliphatic carbocycles. The Hall–Kier alpha value is -1.07. The minimum absolute atomic E-state index is 0.0319. The molecule has 1 rings (SSSR count). The predicted octanol–water partition coefficient (Wildman–Crippen LogP) is 1.04. The zero-order valence-electron chi connectivity index (χ0n) is 8.86. The van der Waals surface area contributed by atoms with Crippen LogP contribution in [0.2, 0.25) is 0 Å². The van der Waals surface area contributed by atoms with Gasteiger partial charge in [-0.2, -0.15) is 0 Å². The molecule has 0 radical (unpaired) electrons. The van der Waals surface area contributed by atoms with E-state index in [1.807, 2.05) is 6.92 Å². The second-order valence-corrected chi connectivity index (χ2v) is 5.03. The molecule has 0 unspecified atom stereocenters. The number of sulfone groups is 1. The molecule has 0 aliphatic heterocycles. The van der Waals surface area contributed by atoms with Gasteiger partial charge in [-0.25, -0.2) is 8.42 Å². The first-order chi connectivity index (χ1) is 7.10. The van der Waals surface area contributed by atoms with E-state index in [1.165, 1.54) is 0 Å². The summed E-state index contributed by atoms with van der Waals surface area (Å²) < 4.78 is 28.3. The van der Waals surface area contributed by atoms with Crippen LogP contribution in [0.1, 0.15) is 6.92 Å². The number of rotatable bonds is 5. The third kappa shape index (κ3) is 3.21. The Labute approximate surface area is 90.2 Å². The zero-order valence-corrected chi connectivity index (χ0v) is 9.67. The summed E-state index contributed by atoms with van der Waals surface area (Å²) in [5, 5.41) is 2.80. The van der Waals surface area contributed by atoms with Crippen molar-refractivity contribution in [1.29, 1.82) is 0 Å². The first-order valence-corrected chi connectivity index (χ1v) is 6.33. The summed E-state index contributed by atoms with van der Waals surface area (Å²) in [5.41, 5.74) is 0. The molecule has 15 heavy (non-hydrogen) atoms. The second kappa shape index (κ2) is 5.14. The average molecular weight is 229 g/mol. The maximum atomic E-state index is 11.7. The molecule has 0 aromatic heterocycles. The fourth-order valence-electron chi connectivity index (χ4n) is 1.10. The Morgan fingerprint density at radius 1 is 1.27 bits per heavy atom. The number of methoxy groups -OCH3 is 1. The van der Waals surface area contributed by atoms with Crippen LogP contribution in [0.5, 0.6) is 5.75 Å². The summed E-state index contributed by atoms with van der Waals surface area (Å²) in [7, 11) is -1.67. The number of hydrogen-bond donors (Lipinski definition) is 1. The molecular formula is C10H15NO3S. The van der Waals surface area contributed by atoms with Crippen molar-refractivity contribution < 1.29 is 13.2 Å². The molecule has 0 fully saturated rings. The number of benzene rings is 1. The topological polar surface area (TPSA) is 55.4 Å². The Kier molecular flexibility index (Phi) is 4.11. The van der Waals surface area contributed by atoms with Crippen molar-refractivity contribution in [2.45, 2.75) is 11.8 Å². The van der Waals surface area contributed by atoms with E-state index in [0.717, 1.165) is 0 Å². The van der Waals surface area contributed by atoms with Crippen LogP contribution in [0.25, 0.3) is 0 Å². The minimum atomic E-state index is -3.21. The fourth-order valence-corrected chi connectivity index (χ4v) is 2.29. The third-order valence-electron chi connectivity index (χ3n) is 1.96. The molecule has 0 saturated heterocycles. The molecule has 0 saturated carbocycles. The zero-order chi connectivity index (χ0) is 11.3. The highest BCUT2D eigenvalue weighted by Crippen LogP contribution is 2.15. The van der Waals surface area contributed by atoms with Gasteiger partial charge in [-0.15, -0.1) is 0 Å². The van der Waals surface area contributed by atoms with Crippen molar-refractivity contribution in [3.63, 3.8) is 0 Å². The number of ether oxygens (including phenoxy) is 1. The van der Waals surface area contributed by atoms with Gasteiger partial charge in [0, 0.05) is 0 Å². The van der Waals surface area contributed by atoms with E-state index in [-0.39, 0.29) is 5.88 Å². The van der Waals surface area contributed by atoms with Crippen LogP contribution in [0, 0.1) is 0 Å². The van der Waals surface area contributed by atoms with Gasteiger partial charge in [0.05, 0.1) is 12.0 Å². The fraction of sp³-hybridized carbons (Fsp3) is 0.400. The van der Waals surface area contributed by atoms with Crippen LogP contribution in [0.4, 0.5) is 0 Å². The van der Waals surface area contributed by atoms with Crippen molar-refractivity contribution in [2.24, 2.45) is 0 Å². The lowest BCUT2D eigenvalue weighted by atomic mass is 10.3. The molecule has 0 heterocycles. The molecule has 1 aromatic rings. The van der Waals surface area contributed by atoms with E-state index < -0.39 is 9.84 Å². The monoisotopic (exact) mass is 229 g/mol. The molecule has 1 N–H and O–H groups in total. The van der Waals surface area contributed by atoms with Crippen molar-refractivity contribution in [3.05, 3.63) is 24.3 Å². The Balaban J connectivity index is 2.86. The van der Waals surface area contributed by atoms with Gasteiger partial charge >= 0.3 is 0 Å². The third-order valence-corrected chi connectivity index (χ3v) is 3.54. The highest BCUT2D eigenvalue weighted by molar-refractivity contribution is 7.91. The van der Waals surface area contributed by atoms with Crippen LogP contribution < -0.4 is 10.1 Å².